The Balaban J connectivity index is 2.10. The number of carbonyl (C=O) groups is 2. The summed E-state index contributed by atoms with van der Waals surface area (Å²) in [7, 11) is 0. The van der Waals surface area contributed by atoms with Gasteiger partial charge in [-0.05, 0) is 37.7 Å². The van der Waals surface area contributed by atoms with Gasteiger partial charge >= 0.3 is 11.9 Å². The lowest BCUT2D eigenvalue weighted by Gasteiger charge is -2.22. The Labute approximate surface area is 143 Å². The van der Waals surface area contributed by atoms with Crippen molar-refractivity contribution in [1.29, 1.82) is 0 Å². The molecule has 2 rings (SSSR count). The van der Waals surface area contributed by atoms with Gasteiger partial charge < -0.3 is 9.47 Å². The molecule has 0 saturated heterocycles. The number of ether oxygens (including phenoxy) is 2. The van der Waals surface area contributed by atoms with Crippen molar-refractivity contribution in [3.63, 3.8) is 0 Å². The van der Waals surface area contributed by atoms with E-state index >= 15 is 0 Å². The predicted octanol–water partition coefficient (Wildman–Crippen LogP) is 4.29. The van der Waals surface area contributed by atoms with Crippen molar-refractivity contribution in [2.45, 2.75) is 58.0 Å². The fourth-order valence-corrected chi connectivity index (χ4v) is 2.75. The monoisotopic (exact) mass is 330 g/mol. The molecule has 4 heteroatoms. The molecule has 0 aromatic heterocycles. The lowest BCUT2D eigenvalue weighted by molar-refractivity contribution is -0.144. The fraction of sp³-hybridized carbons (Fsp3) is 0.500. The van der Waals surface area contributed by atoms with E-state index in [-0.39, 0.29) is 11.7 Å². The Bertz CT molecular complexity index is 556. The fourth-order valence-electron chi connectivity index (χ4n) is 2.75. The minimum absolute atomic E-state index is 0.0468. The zero-order valence-electron chi connectivity index (χ0n) is 14.3. The van der Waals surface area contributed by atoms with Crippen LogP contribution < -0.4 is 0 Å². The highest BCUT2D eigenvalue weighted by Crippen LogP contribution is 2.24. The molecule has 1 aromatic carbocycles. The van der Waals surface area contributed by atoms with E-state index in [1.807, 2.05) is 25.1 Å². The van der Waals surface area contributed by atoms with Gasteiger partial charge in [0.1, 0.15) is 6.10 Å². The molecule has 0 N–H and O–H groups in total. The van der Waals surface area contributed by atoms with Gasteiger partial charge in [-0.25, -0.2) is 9.59 Å². The number of benzene rings is 1. The highest BCUT2D eigenvalue weighted by molar-refractivity contribution is 6.20. The molecule has 4 nitrogen and oxygen atoms in total. The number of hydrogen-bond donors (Lipinski definition) is 0. The average Bonchev–Trinajstić information content (AvgIpc) is 2.61. The van der Waals surface area contributed by atoms with Crippen molar-refractivity contribution in [2.24, 2.45) is 0 Å². The summed E-state index contributed by atoms with van der Waals surface area (Å²) in [5.74, 6) is -0.941. The Morgan fingerprint density at radius 3 is 2.50 bits per heavy atom. The van der Waals surface area contributed by atoms with Crippen molar-refractivity contribution in [2.75, 3.05) is 6.61 Å². The highest BCUT2D eigenvalue weighted by atomic mass is 16.5. The maximum Gasteiger partial charge on any atom is 0.339 e. The van der Waals surface area contributed by atoms with E-state index in [4.69, 9.17) is 9.47 Å². The molecule has 0 atom stereocenters. The molecule has 0 amide bonds. The van der Waals surface area contributed by atoms with Gasteiger partial charge in [0.25, 0.3) is 0 Å². The maximum absolute atomic E-state index is 12.6. The second kappa shape index (κ2) is 9.91. The molecule has 130 valence electrons. The first-order valence-corrected chi connectivity index (χ1v) is 8.85. The van der Waals surface area contributed by atoms with E-state index in [0.29, 0.717) is 12.2 Å². The molecule has 1 aliphatic rings. The van der Waals surface area contributed by atoms with Crippen molar-refractivity contribution in [3.05, 3.63) is 42.0 Å². The Morgan fingerprint density at radius 2 is 1.83 bits per heavy atom. The standard InChI is InChI=1S/C20H26O4/c1-2-3-14-23-19(21)15-18(16-10-6-4-7-11-16)20(22)24-17-12-8-5-9-13-17/h4,6-7,10-11,15,17H,2-3,5,8-9,12-14H2,1H3/b18-15+. The van der Waals surface area contributed by atoms with Crippen LogP contribution in [0.25, 0.3) is 5.57 Å². The number of esters is 2. The summed E-state index contributed by atoms with van der Waals surface area (Å²) in [6, 6.07) is 9.13. The van der Waals surface area contributed by atoms with Gasteiger partial charge in [0.2, 0.25) is 0 Å². The van der Waals surface area contributed by atoms with Gasteiger partial charge in [-0.3, -0.25) is 0 Å². The normalized spacial score (nSPS) is 15.8. The zero-order valence-corrected chi connectivity index (χ0v) is 14.3. The first kappa shape index (κ1) is 18.2. The molecule has 0 heterocycles. The number of unbranched alkanes of at least 4 members (excludes halogenated alkanes) is 1. The third-order valence-corrected chi connectivity index (χ3v) is 4.14. The zero-order chi connectivity index (χ0) is 17.2. The number of rotatable bonds is 7. The second-order valence-corrected chi connectivity index (χ2v) is 6.11. The summed E-state index contributed by atoms with van der Waals surface area (Å²) >= 11 is 0. The van der Waals surface area contributed by atoms with Crippen LogP contribution in [0.3, 0.4) is 0 Å². The van der Waals surface area contributed by atoms with Crippen molar-refractivity contribution >= 4 is 17.5 Å². The van der Waals surface area contributed by atoms with Crippen molar-refractivity contribution in [3.8, 4) is 0 Å². The molecule has 0 aliphatic heterocycles. The third-order valence-electron chi connectivity index (χ3n) is 4.14. The molecule has 1 aromatic rings. The molecule has 1 aliphatic carbocycles. The largest absolute Gasteiger partial charge is 0.463 e. The van der Waals surface area contributed by atoms with Crippen LogP contribution in [-0.2, 0) is 19.1 Å². The van der Waals surface area contributed by atoms with Gasteiger partial charge in [-0.15, -0.1) is 0 Å². The minimum atomic E-state index is -0.497. The van der Waals surface area contributed by atoms with E-state index in [9.17, 15) is 9.59 Å². The molecule has 0 unspecified atom stereocenters. The maximum atomic E-state index is 12.6. The van der Waals surface area contributed by atoms with E-state index in [0.717, 1.165) is 38.5 Å². The van der Waals surface area contributed by atoms with Crippen LogP contribution in [0, 0.1) is 0 Å². The van der Waals surface area contributed by atoms with Crippen molar-refractivity contribution in [1.82, 2.24) is 0 Å². The van der Waals surface area contributed by atoms with Gasteiger partial charge in [0.05, 0.1) is 12.2 Å². The van der Waals surface area contributed by atoms with Crippen LogP contribution in [0.4, 0.5) is 0 Å². The van der Waals surface area contributed by atoms with Gasteiger partial charge in [0, 0.05) is 6.08 Å². The first-order valence-electron chi connectivity index (χ1n) is 8.85. The smallest absolute Gasteiger partial charge is 0.339 e. The van der Waals surface area contributed by atoms with E-state index < -0.39 is 11.9 Å². The van der Waals surface area contributed by atoms with Crippen molar-refractivity contribution < 1.29 is 19.1 Å². The van der Waals surface area contributed by atoms with E-state index in [2.05, 4.69) is 0 Å². The third kappa shape index (κ3) is 5.84. The Hall–Kier alpha value is -2.10. The van der Waals surface area contributed by atoms with Crippen LogP contribution in [0.1, 0.15) is 57.4 Å². The van der Waals surface area contributed by atoms with E-state index in [1.165, 1.54) is 12.5 Å². The SMILES string of the molecule is CCCCOC(=O)/C=C(/C(=O)OC1CCCCC1)c1ccccc1. The predicted molar refractivity (Wildman–Crippen MR) is 93.3 cm³/mol. The summed E-state index contributed by atoms with van der Waals surface area (Å²) in [5.41, 5.74) is 0.938. The molecule has 1 saturated carbocycles. The second-order valence-electron chi connectivity index (χ2n) is 6.11. The number of carbonyl (C=O) groups excluding carboxylic acids is 2. The summed E-state index contributed by atoms with van der Waals surface area (Å²) in [5, 5.41) is 0. The molecular weight excluding hydrogens is 304 g/mol. The van der Waals surface area contributed by atoms with E-state index in [1.54, 1.807) is 12.1 Å². The van der Waals surface area contributed by atoms with Crippen LogP contribution in [0.2, 0.25) is 0 Å². The summed E-state index contributed by atoms with van der Waals surface area (Å²) in [4.78, 5) is 24.6. The topological polar surface area (TPSA) is 52.6 Å². The van der Waals surface area contributed by atoms with Gasteiger partial charge in [0.15, 0.2) is 0 Å². The Kier molecular flexibility index (Phi) is 7.53. The first-order chi connectivity index (χ1) is 11.7. The molecule has 0 radical (unpaired) electrons. The minimum Gasteiger partial charge on any atom is -0.463 e. The molecule has 24 heavy (non-hydrogen) atoms. The summed E-state index contributed by atoms with van der Waals surface area (Å²) < 4.78 is 10.8. The Morgan fingerprint density at radius 1 is 1.12 bits per heavy atom. The molecule has 1 fully saturated rings. The van der Waals surface area contributed by atoms with Crippen LogP contribution in [0.5, 0.6) is 0 Å². The van der Waals surface area contributed by atoms with Crippen LogP contribution >= 0.6 is 0 Å². The number of hydrogen-bond acceptors (Lipinski definition) is 4. The van der Waals surface area contributed by atoms with Gasteiger partial charge in [-0.1, -0.05) is 50.1 Å². The highest BCUT2D eigenvalue weighted by Gasteiger charge is 2.22. The molecule has 0 bridgehead atoms. The average molecular weight is 330 g/mol. The lowest BCUT2D eigenvalue weighted by Crippen LogP contribution is -2.22. The molecule has 0 spiro atoms. The lowest BCUT2D eigenvalue weighted by atomic mass is 9.97. The van der Waals surface area contributed by atoms with Crippen LogP contribution in [0.15, 0.2) is 36.4 Å². The summed E-state index contributed by atoms with van der Waals surface area (Å²) in [6.45, 7) is 2.40. The van der Waals surface area contributed by atoms with Gasteiger partial charge in [-0.2, -0.15) is 0 Å². The van der Waals surface area contributed by atoms with Crippen LogP contribution in [-0.4, -0.2) is 24.6 Å². The quantitative estimate of drug-likeness (QED) is 0.425. The molecular formula is C20H26O4. The summed E-state index contributed by atoms with van der Waals surface area (Å²) in [6.07, 6.45) is 8.13.